The van der Waals surface area contributed by atoms with Crippen molar-refractivity contribution in [2.24, 2.45) is 0 Å². The zero-order valence-electron chi connectivity index (χ0n) is 11.9. The standard InChI is InChI=1S/C13H22N2O4S/c1-9-6-14(7-10(2)19-9)13(18)15-3-4-20-8-11(15)5-12(16)17/h9-11H,3-8H2,1-2H3,(H,16,17)/t9-,10+,11?. The summed E-state index contributed by atoms with van der Waals surface area (Å²) < 4.78 is 5.63. The molecule has 3 atom stereocenters. The Balaban J connectivity index is 2.03. The number of nitrogens with zero attached hydrogens (tertiary/aromatic N) is 2. The number of amides is 2. The largest absolute Gasteiger partial charge is 0.481 e. The van der Waals surface area contributed by atoms with E-state index in [-0.39, 0.29) is 30.7 Å². The Hall–Kier alpha value is -0.950. The fourth-order valence-electron chi connectivity index (χ4n) is 2.79. The molecule has 0 saturated carbocycles. The van der Waals surface area contributed by atoms with Crippen molar-refractivity contribution in [1.29, 1.82) is 0 Å². The maximum atomic E-state index is 12.6. The van der Waals surface area contributed by atoms with Crippen LogP contribution in [0.4, 0.5) is 4.79 Å². The second-order valence-corrected chi connectivity index (χ2v) is 6.61. The van der Waals surface area contributed by atoms with Crippen LogP contribution < -0.4 is 0 Å². The number of hydrogen-bond donors (Lipinski definition) is 1. The smallest absolute Gasteiger partial charge is 0.320 e. The number of ether oxygens (including phenoxy) is 1. The van der Waals surface area contributed by atoms with Gasteiger partial charge in [-0.2, -0.15) is 11.8 Å². The molecule has 0 bridgehead atoms. The van der Waals surface area contributed by atoms with E-state index in [0.717, 1.165) is 5.75 Å². The van der Waals surface area contributed by atoms with Gasteiger partial charge in [0.2, 0.25) is 0 Å². The van der Waals surface area contributed by atoms with Crippen molar-refractivity contribution in [1.82, 2.24) is 9.80 Å². The zero-order chi connectivity index (χ0) is 14.7. The first kappa shape index (κ1) is 15.4. The first-order valence-corrected chi connectivity index (χ1v) is 8.13. The summed E-state index contributed by atoms with van der Waals surface area (Å²) in [7, 11) is 0. The van der Waals surface area contributed by atoms with E-state index in [1.807, 2.05) is 13.8 Å². The van der Waals surface area contributed by atoms with Crippen LogP contribution in [0.3, 0.4) is 0 Å². The summed E-state index contributed by atoms with van der Waals surface area (Å²) in [5.74, 6) is 0.726. The Morgan fingerprint density at radius 2 is 1.95 bits per heavy atom. The predicted molar refractivity (Wildman–Crippen MR) is 77.0 cm³/mol. The number of carbonyl (C=O) groups is 2. The molecule has 1 N–H and O–H groups in total. The van der Waals surface area contributed by atoms with Gasteiger partial charge in [0.15, 0.2) is 0 Å². The average Bonchev–Trinajstić information content (AvgIpc) is 2.36. The highest BCUT2D eigenvalue weighted by atomic mass is 32.2. The maximum Gasteiger partial charge on any atom is 0.320 e. The molecule has 0 radical (unpaired) electrons. The Kier molecular flexibility index (Phi) is 5.15. The molecule has 6 nitrogen and oxygen atoms in total. The van der Waals surface area contributed by atoms with Crippen LogP contribution in [0.15, 0.2) is 0 Å². The molecule has 0 aromatic rings. The van der Waals surface area contributed by atoms with Crippen LogP contribution in [-0.4, -0.2) is 76.3 Å². The maximum absolute atomic E-state index is 12.6. The molecule has 2 fully saturated rings. The van der Waals surface area contributed by atoms with Gasteiger partial charge in [0.25, 0.3) is 0 Å². The van der Waals surface area contributed by atoms with Crippen LogP contribution in [0.2, 0.25) is 0 Å². The molecule has 2 aliphatic heterocycles. The molecule has 2 aliphatic rings. The predicted octanol–water partition coefficient (Wildman–Crippen LogP) is 1.11. The molecule has 2 saturated heterocycles. The van der Waals surface area contributed by atoms with Crippen LogP contribution in [-0.2, 0) is 9.53 Å². The summed E-state index contributed by atoms with van der Waals surface area (Å²) in [6.07, 6.45) is 0.0772. The molecule has 2 heterocycles. The summed E-state index contributed by atoms with van der Waals surface area (Å²) in [4.78, 5) is 27.1. The number of carbonyl (C=O) groups excluding carboxylic acids is 1. The minimum absolute atomic E-state index is 0.0220. The summed E-state index contributed by atoms with van der Waals surface area (Å²) in [6, 6.07) is -0.245. The van der Waals surface area contributed by atoms with Crippen molar-refractivity contribution in [2.75, 3.05) is 31.1 Å². The monoisotopic (exact) mass is 302 g/mol. The number of urea groups is 1. The molecule has 0 aliphatic carbocycles. The summed E-state index contributed by atoms with van der Waals surface area (Å²) >= 11 is 1.71. The topological polar surface area (TPSA) is 70.1 Å². The summed E-state index contributed by atoms with van der Waals surface area (Å²) in [5.41, 5.74) is 0. The Labute approximate surface area is 123 Å². The Morgan fingerprint density at radius 3 is 2.55 bits per heavy atom. The van der Waals surface area contributed by atoms with E-state index in [2.05, 4.69) is 0 Å². The van der Waals surface area contributed by atoms with Gasteiger partial charge < -0.3 is 19.6 Å². The van der Waals surface area contributed by atoms with Gasteiger partial charge in [0, 0.05) is 31.1 Å². The molecule has 0 spiro atoms. The van der Waals surface area contributed by atoms with E-state index >= 15 is 0 Å². The average molecular weight is 302 g/mol. The highest BCUT2D eigenvalue weighted by Gasteiger charge is 2.34. The highest BCUT2D eigenvalue weighted by Crippen LogP contribution is 2.22. The van der Waals surface area contributed by atoms with Crippen LogP contribution in [0.25, 0.3) is 0 Å². The van der Waals surface area contributed by atoms with E-state index in [4.69, 9.17) is 9.84 Å². The third-order valence-corrected chi connectivity index (χ3v) is 4.67. The lowest BCUT2D eigenvalue weighted by atomic mass is 10.2. The molecule has 20 heavy (non-hydrogen) atoms. The van der Waals surface area contributed by atoms with Gasteiger partial charge in [-0.25, -0.2) is 4.79 Å². The van der Waals surface area contributed by atoms with Gasteiger partial charge in [0.05, 0.1) is 24.7 Å². The lowest BCUT2D eigenvalue weighted by molar-refractivity contribution is -0.138. The molecule has 0 aromatic carbocycles. The van der Waals surface area contributed by atoms with E-state index < -0.39 is 5.97 Å². The molecular weight excluding hydrogens is 280 g/mol. The Morgan fingerprint density at radius 1 is 1.30 bits per heavy atom. The summed E-state index contributed by atoms with van der Waals surface area (Å²) in [6.45, 7) is 5.69. The first-order chi connectivity index (χ1) is 9.47. The molecule has 0 aromatic heterocycles. The lowest BCUT2D eigenvalue weighted by Gasteiger charge is -2.42. The van der Waals surface area contributed by atoms with Crippen LogP contribution in [0.1, 0.15) is 20.3 Å². The molecular formula is C13H22N2O4S. The first-order valence-electron chi connectivity index (χ1n) is 6.98. The number of carboxylic acid groups (broad SMARTS) is 1. The number of aliphatic carboxylic acids is 1. The minimum atomic E-state index is -0.848. The normalized spacial score (nSPS) is 31.2. The van der Waals surface area contributed by atoms with E-state index in [0.29, 0.717) is 25.4 Å². The van der Waals surface area contributed by atoms with Gasteiger partial charge in [-0.05, 0) is 13.8 Å². The summed E-state index contributed by atoms with van der Waals surface area (Å²) in [5, 5.41) is 8.98. The molecule has 2 amide bonds. The second kappa shape index (κ2) is 6.67. The van der Waals surface area contributed by atoms with Crippen molar-refractivity contribution < 1.29 is 19.4 Å². The van der Waals surface area contributed by atoms with Gasteiger partial charge in [-0.15, -0.1) is 0 Å². The molecule has 1 unspecified atom stereocenters. The van der Waals surface area contributed by atoms with Crippen molar-refractivity contribution in [3.63, 3.8) is 0 Å². The van der Waals surface area contributed by atoms with Crippen molar-refractivity contribution in [3.05, 3.63) is 0 Å². The number of rotatable bonds is 2. The zero-order valence-corrected chi connectivity index (χ0v) is 12.8. The van der Waals surface area contributed by atoms with Gasteiger partial charge >= 0.3 is 12.0 Å². The molecule has 114 valence electrons. The van der Waals surface area contributed by atoms with Crippen molar-refractivity contribution in [2.45, 2.75) is 38.5 Å². The number of morpholine rings is 1. The quantitative estimate of drug-likeness (QED) is 0.827. The van der Waals surface area contributed by atoms with E-state index in [1.165, 1.54) is 0 Å². The number of carboxylic acids is 1. The fraction of sp³-hybridized carbons (Fsp3) is 0.846. The minimum Gasteiger partial charge on any atom is -0.481 e. The number of hydrogen-bond acceptors (Lipinski definition) is 4. The number of thioether (sulfide) groups is 1. The SMILES string of the molecule is C[C@@H]1CN(C(=O)N2CCSCC2CC(=O)O)C[C@H](C)O1. The fourth-order valence-corrected chi connectivity index (χ4v) is 3.86. The highest BCUT2D eigenvalue weighted by molar-refractivity contribution is 7.99. The van der Waals surface area contributed by atoms with Gasteiger partial charge in [0.1, 0.15) is 0 Å². The van der Waals surface area contributed by atoms with Crippen LogP contribution in [0, 0.1) is 0 Å². The van der Waals surface area contributed by atoms with E-state index in [1.54, 1.807) is 21.6 Å². The third kappa shape index (κ3) is 3.79. The molecule has 2 rings (SSSR count). The van der Waals surface area contributed by atoms with Crippen molar-refractivity contribution >= 4 is 23.8 Å². The van der Waals surface area contributed by atoms with Crippen LogP contribution >= 0.6 is 11.8 Å². The van der Waals surface area contributed by atoms with Gasteiger partial charge in [-0.1, -0.05) is 0 Å². The van der Waals surface area contributed by atoms with Crippen molar-refractivity contribution in [3.8, 4) is 0 Å². The van der Waals surface area contributed by atoms with Crippen LogP contribution in [0.5, 0.6) is 0 Å². The lowest BCUT2D eigenvalue weighted by Crippen LogP contribution is -2.57. The third-order valence-electron chi connectivity index (χ3n) is 3.57. The van der Waals surface area contributed by atoms with E-state index in [9.17, 15) is 9.59 Å². The second-order valence-electron chi connectivity index (χ2n) is 5.46. The van der Waals surface area contributed by atoms with Gasteiger partial charge in [-0.3, -0.25) is 4.79 Å². The molecule has 7 heteroatoms. The Bertz CT molecular complexity index is 369.